The molecular formula is C21H28ClN5O4. The summed E-state index contributed by atoms with van der Waals surface area (Å²) in [5.41, 5.74) is -0.258. The Labute approximate surface area is 186 Å². The number of anilines is 1. The van der Waals surface area contributed by atoms with Crippen LogP contribution in [0.5, 0.6) is 0 Å². The molecule has 2 aromatic heterocycles. The Kier molecular flexibility index (Phi) is 6.27. The first-order valence-corrected chi connectivity index (χ1v) is 10.5. The van der Waals surface area contributed by atoms with Crippen LogP contribution >= 0.6 is 11.6 Å². The number of carbonyl (C=O) groups is 2. The van der Waals surface area contributed by atoms with Crippen molar-refractivity contribution >= 4 is 29.6 Å². The van der Waals surface area contributed by atoms with Crippen LogP contribution < -0.4 is 4.90 Å². The minimum Gasteiger partial charge on any atom is -0.443 e. The maximum Gasteiger partial charge on any atom is 0.425 e. The Hall–Kier alpha value is -2.68. The molecule has 0 atom stereocenters. The van der Waals surface area contributed by atoms with E-state index in [0.29, 0.717) is 11.5 Å². The van der Waals surface area contributed by atoms with Crippen molar-refractivity contribution in [2.75, 3.05) is 4.90 Å². The summed E-state index contributed by atoms with van der Waals surface area (Å²) < 4.78 is 10.8. The van der Waals surface area contributed by atoms with Crippen LogP contribution in [0.2, 0.25) is 5.15 Å². The number of aromatic nitrogens is 4. The number of hydrogen-bond donors (Lipinski definition) is 1. The number of nitrogens with zero attached hydrogens (tertiary/aromatic N) is 4. The van der Waals surface area contributed by atoms with Gasteiger partial charge < -0.3 is 9.47 Å². The molecule has 1 aliphatic carbocycles. The molecule has 1 saturated carbocycles. The third-order valence-electron chi connectivity index (χ3n) is 4.23. The minimum absolute atomic E-state index is 0.0168. The first-order valence-electron chi connectivity index (χ1n) is 10.2. The molecule has 0 spiro atoms. The third kappa shape index (κ3) is 6.16. The topological polar surface area (TPSA) is 110 Å². The highest BCUT2D eigenvalue weighted by Gasteiger charge is 2.34. The van der Waals surface area contributed by atoms with Gasteiger partial charge in [0.15, 0.2) is 16.8 Å². The maximum absolute atomic E-state index is 12.9. The van der Waals surface area contributed by atoms with E-state index in [4.69, 9.17) is 21.1 Å². The number of rotatable bonds is 4. The molecule has 0 radical (unpaired) electrons. The van der Waals surface area contributed by atoms with Gasteiger partial charge in [0.25, 0.3) is 0 Å². The molecule has 0 unspecified atom stereocenters. The summed E-state index contributed by atoms with van der Waals surface area (Å²) in [5, 5.41) is 7.25. The number of nitrogens with one attached hydrogen (secondary N) is 1. The first kappa shape index (κ1) is 23.0. The fourth-order valence-corrected chi connectivity index (χ4v) is 3.05. The van der Waals surface area contributed by atoms with Crippen LogP contribution in [0.25, 0.3) is 11.4 Å². The number of imide groups is 1. The van der Waals surface area contributed by atoms with Crippen LogP contribution in [-0.2, 0) is 15.9 Å². The third-order valence-corrected chi connectivity index (χ3v) is 4.51. The van der Waals surface area contributed by atoms with Gasteiger partial charge in [0.2, 0.25) is 0 Å². The van der Waals surface area contributed by atoms with Gasteiger partial charge in [0.1, 0.15) is 11.2 Å². The van der Waals surface area contributed by atoms with E-state index in [1.807, 2.05) is 0 Å². The van der Waals surface area contributed by atoms with Gasteiger partial charge in [-0.05, 0) is 66.7 Å². The number of ether oxygens (including phenoxy) is 2. The standard InChI is InChI=1S/C21H28ClN5O4/c1-20(2,3)30-18(28)27(19(29)31-21(4,5)6)14-9-10-23-17(24-14)15-13(11-12-7-8-12)25-26-16(15)22/h9-10,12H,7-8,11H2,1-6H3,(H,25,26). The lowest BCUT2D eigenvalue weighted by Gasteiger charge is -2.28. The van der Waals surface area contributed by atoms with E-state index in [9.17, 15) is 9.59 Å². The van der Waals surface area contributed by atoms with Gasteiger partial charge >= 0.3 is 12.2 Å². The molecule has 168 valence electrons. The highest BCUT2D eigenvalue weighted by atomic mass is 35.5. The zero-order chi connectivity index (χ0) is 23.0. The second-order valence-electron chi connectivity index (χ2n) is 9.55. The van der Waals surface area contributed by atoms with Gasteiger partial charge in [-0.25, -0.2) is 19.6 Å². The molecule has 1 aliphatic rings. The molecule has 1 fully saturated rings. The van der Waals surface area contributed by atoms with Gasteiger partial charge in [-0.15, -0.1) is 0 Å². The molecule has 0 aromatic carbocycles. The average Bonchev–Trinajstić information content (AvgIpc) is 3.33. The smallest absolute Gasteiger partial charge is 0.425 e. The molecule has 2 amide bonds. The summed E-state index contributed by atoms with van der Waals surface area (Å²) in [4.78, 5) is 35.2. The van der Waals surface area contributed by atoms with Crippen molar-refractivity contribution in [3.63, 3.8) is 0 Å². The van der Waals surface area contributed by atoms with Gasteiger partial charge in [-0.1, -0.05) is 11.6 Å². The maximum atomic E-state index is 12.9. The fraction of sp³-hybridized carbons (Fsp3) is 0.571. The van der Waals surface area contributed by atoms with Gasteiger partial charge in [-0.3, -0.25) is 5.10 Å². The Morgan fingerprint density at radius 2 is 1.71 bits per heavy atom. The predicted octanol–water partition coefficient (Wildman–Crippen LogP) is 5.15. The second-order valence-corrected chi connectivity index (χ2v) is 9.91. The number of amides is 2. The molecule has 2 aromatic rings. The van der Waals surface area contributed by atoms with Crippen LogP contribution in [0.3, 0.4) is 0 Å². The van der Waals surface area contributed by atoms with Crippen molar-refractivity contribution < 1.29 is 19.1 Å². The minimum atomic E-state index is -0.900. The first-order chi connectivity index (χ1) is 14.3. The number of carbonyl (C=O) groups excluding carboxylic acids is 2. The Morgan fingerprint density at radius 1 is 1.13 bits per heavy atom. The van der Waals surface area contributed by atoms with Crippen molar-refractivity contribution in [1.29, 1.82) is 0 Å². The lowest BCUT2D eigenvalue weighted by molar-refractivity contribution is 0.0429. The summed E-state index contributed by atoms with van der Waals surface area (Å²) in [6, 6.07) is 1.44. The van der Waals surface area contributed by atoms with Crippen LogP contribution in [0.1, 0.15) is 60.1 Å². The zero-order valence-electron chi connectivity index (χ0n) is 18.7. The van der Waals surface area contributed by atoms with E-state index in [2.05, 4.69) is 20.2 Å². The van der Waals surface area contributed by atoms with Crippen molar-refractivity contribution in [2.24, 2.45) is 5.92 Å². The average molecular weight is 450 g/mol. The van der Waals surface area contributed by atoms with Crippen molar-refractivity contribution in [3.05, 3.63) is 23.1 Å². The normalized spacial score (nSPS) is 14.3. The Bertz CT molecular complexity index is 945. The Balaban J connectivity index is 1.99. The van der Waals surface area contributed by atoms with Crippen LogP contribution in [0.4, 0.5) is 15.4 Å². The summed E-state index contributed by atoms with van der Waals surface area (Å²) in [6.45, 7) is 10.2. The molecular weight excluding hydrogens is 422 g/mol. The predicted molar refractivity (Wildman–Crippen MR) is 116 cm³/mol. The molecule has 0 saturated heterocycles. The van der Waals surface area contributed by atoms with E-state index in [0.717, 1.165) is 29.9 Å². The SMILES string of the molecule is CC(C)(C)OC(=O)N(C(=O)OC(C)(C)C)c1ccnc(-c2c(Cl)n[nH]c2CC2CC2)n1. The number of hydrogen-bond acceptors (Lipinski definition) is 7. The summed E-state index contributed by atoms with van der Waals surface area (Å²) in [6.07, 6.45) is 2.74. The highest BCUT2D eigenvalue weighted by molar-refractivity contribution is 6.32. The van der Waals surface area contributed by atoms with Gasteiger partial charge in [0.05, 0.1) is 5.56 Å². The largest absolute Gasteiger partial charge is 0.443 e. The molecule has 0 bridgehead atoms. The van der Waals surface area contributed by atoms with E-state index < -0.39 is 23.4 Å². The van der Waals surface area contributed by atoms with Crippen LogP contribution in [0.15, 0.2) is 12.3 Å². The molecule has 2 heterocycles. The quantitative estimate of drug-likeness (QED) is 0.687. The van der Waals surface area contributed by atoms with Gasteiger partial charge in [0, 0.05) is 18.0 Å². The van der Waals surface area contributed by atoms with Crippen LogP contribution in [0, 0.1) is 5.92 Å². The van der Waals surface area contributed by atoms with Gasteiger partial charge in [-0.2, -0.15) is 10.00 Å². The summed E-state index contributed by atoms with van der Waals surface area (Å²) in [7, 11) is 0. The molecule has 3 rings (SSSR count). The Morgan fingerprint density at radius 3 is 2.23 bits per heavy atom. The molecule has 31 heavy (non-hydrogen) atoms. The zero-order valence-corrected chi connectivity index (χ0v) is 19.4. The van der Waals surface area contributed by atoms with Crippen LogP contribution in [-0.4, -0.2) is 43.6 Å². The van der Waals surface area contributed by atoms with E-state index in [1.54, 1.807) is 41.5 Å². The molecule has 9 nitrogen and oxygen atoms in total. The van der Waals surface area contributed by atoms with Crippen molar-refractivity contribution in [1.82, 2.24) is 20.2 Å². The van der Waals surface area contributed by atoms with Crippen molar-refractivity contribution in [3.8, 4) is 11.4 Å². The van der Waals surface area contributed by atoms with Crippen molar-refractivity contribution in [2.45, 2.75) is 72.0 Å². The highest BCUT2D eigenvalue weighted by Crippen LogP contribution is 2.36. The number of halogens is 1. The van der Waals surface area contributed by atoms with E-state index >= 15 is 0 Å². The van der Waals surface area contributed by atoms with E-state index in [1.165, 1.54) is 12.3 Å². The molecule has 10 heteroatoms. The number of aromatic amines is 1. The number of H-pyrrole nitrogens is 1. The second kappa shape index (κ2) is 8.45. The monoisotopic (exact) mass is 449 g/mol. The molecule has 0 aliphatic heterocycles. The lowest BCUT2D eigenvalue weighted by atomic mass is 10.1. The summed E-state index contributed by atoms with van der Waals surface area (Å²) in [5.74, 6) is 0.852. The summed E-state index contributed by atoms with van der Waals surface area (Å²) >= 11 is 6.30. The molecule has 1 N–H and O–H groups in total. The van der Waals surface area contributed by atoms with E-state index in [-0.39, 0.29) is 16.8 Å². The lowest BCUT2D eigenvalue weighted by Crippen LogP contribution is -2.44. The fourth-order valence-electron chi connectivity index (χ4n) is 2.81.